The van der Waals surface area contributed by atoms with Crippen molar-refractivity contribution >= 4 is 34.8 Å². The van der Waals surface area contributed by atoms with Crippen LogP contribution in [0.25, 0.3) is 0 Å². The smallest absolute Gasteiger partial charge is 0.224 e. The van der Waals surface area contributed by atoms with Crippen molar-refractivity contribution in [3.8, 4) is 0 Å². The van der Waals surface area contributed by atoms with E-state index in [1.165, 1.54) is 16.7 Å². The summed E-state index contributed by atoms with van der Waals surface area (Å²) >= 11 is 12.3. The standard InChI is InChI=1S/C20H22Cl2N2O/c1-3-20(25)24-13-5-6-15-14(7-9-19(23-2)16(15)11-13)12-4-8-17(21)18(22)10-12/h4-6,8,10-11,14,19,23H,3,7,9H2,1-2H3,(H,24,25)/t14?,19-/m0/s1. The van der Waals surface area contributed by atoms with Crippen molar-refractivity contribution in [2.75, 3.05) is 12.4 Å². The first-order chi connectivity index (χ1) is 12.0. The van der Waals surface area contributed by atoms with Crippen LogP contribution in [0.2, 0.25) is 10.0 Å². The van der Waals surface area contributed by atoms with E-state index in [-0.39, 0.29) is 17.9 Å². The molecule has 0 saturated heterocycles. The number of rotatable bonds is 4. The van der Waals surface area contributed by atoms with Gasteiger partial charge in [-0.15, -0.1) is 0 Å². The van der Waals surface area contributed by atoms with Crippen molar-refractivity contribution in [3.05, 3.63) is 63.1 Å². The zero-order chi connectivity index (χ0) is 18.0. The summed E-state index contributed by atoms with van der Waals surface area (Å²) in [6.07, 6.45) is 2.54. The summed E-state index contributed by atoms with van der Waals surface area (Å²) in [6.45, 7) is 1.85. The Bertz CT molecular complexity index is 791. The molecule has 2 N–H and O–H groups in total. The molecule has 1 aliphatic rings. The molecule has 2 aromatic rings. The Labute approximate surface area is 158 Å². The Morgan fingerprint density at radius 1 is 1.08 bits per heavy atom. The fourth-order valence-corrected chi connectivity index (χ4v) is 3.85. The number of benzene rings is 2. The normalized spacial score (nSPS) is 19.4. The van der Waals surface area contributed by atoms with Crippen molar-refractivity contribution in [1.29, 1.82) is 0 Å². The Kier molecular flexibility index (Phi) is 5.67. The largest absolute Gasteiger partial charge is 0.326 e. The van der Waals surface area contributed by atoms with Gasteiger partial charge in [0, 0.05) is 24.1 Å². The van der Waals surface area contributed by atoms with Gasteiger partial charge in [0.25, 0.3) is 0 Å². The predicted octanol–water partition coefficient (Wildman–Crippen LogP) is 5.53. The molecule has 132 valence electrons. The third-order valence-electron chi connectivity index (χ3n) is 4.88. The molecular weight excluding hydrogens is 355 g/mol. The van der Waals surface area contributed by atoms with Crippen LogP contribution in [0.4, 0.5) is 5.69 Å². The molecule has 0 bridgehead atoms. The second kappa shape index (κ2) is 7.77. The predicted molar refractivity (Wildman–Crippen MR) is 105 cm³/mol. The van der Waals surface area contributed by atoms with Crippen molar-refractivity contribution < 1.29 is 4.79 Å². The number of hydrogen-bond acceptors (Lipinski definition) is 2. The number of anilines is 1. The zero-order valence-corrected chi connectivity index (χ0v) is 15.9. The highest BCUT2D eigenvalue weighted by atomic mass is 35.5. The van der Waals surface area contributed by atoms with E-state index in [0.29, 0.717) is 16.5 Å². The van der Waals surface area contributed by atoms with E-state index in [2.05, 4.69) is 28.8 Å². The quantitative estimate of drug-likeness (QED) is 0.736. The summed E-state index contributed by atoms with van der Waals surface area (Å²) in [6, 6.07) is 12.4. The second-order valence-electron chi connectivity index (χ2n) is 6.39. The average molecular weight is 377 g/mol. The third kappa shape index (κ3) is 3.84. The summed E-state index contributed by atoms with van der Waals surface area (Å²) in [5, 5.41) is 7.50. The molecule has 2 aromatic carbocycles. The van der Waals surface area contributed by atoms with Gasteiger partial charge in [-0.05, 0) is 60.8 Å². The highest BCUT2D eigenvalue weighted by molar-refractivity contribution is 6.42. The van der Waals surface area contributed by atoms with Crippen LogP contribution in [0.15, 0.2) is 36.4 Å². The second-order valence-corrected chi connectivity index (χ2v) is 7.20. The summed E-state index contributed by atoms with van der Waals surface area (Å²) in [7, 11) is 1.98. The number of carbonyl (C=O) groups excluding carboxylic acids is 1. The number of fused-ring (bicyclic) bond motifs is 1. The first kappa shape index (κ1) is 18.2. The molecule has 0 spiro atoms. The lowest BCUT2D eigenvalue weighted by molar-refractivity contribution is -0.115. The monoisotopic (exact) mass is 376 g/mol. The summed E-state index contributed by atoms with van der Waals surface area (Å²) in [5.41, 5.74) is 4.54. The Balaban J connectivity index is 2.00. The molecule has 0 aromatic heterocycles. The molecule has 1 unspecified atom stereocenters. The highest BCUT2D eigenvalue weighted by Crippen LogP contribution is 2.43. The lowest BCUT2D eigenvalue weighted by atomic mass is 9.76. The molecule has 3 nitrogen and oxygen atoms in total. The van der Waals surface area contributed by atoms with Gasteiger partial charge in [-0.25, -0.2) is 0 Å². The molecule has 0 radical (unpaired) electrons. The van der Waals surface area contributed by atoms with E-state index < -0.39 is 0 Å². The van der Waals surface area contributed by atoms with Crippen LogP contribution in [0.5, 0.6) is 0 Å². The van der Waals surface area contributed by atoms with Crippen molar-refractivity contribution in [1.82, 2.24) is 5.32 Å². The number of halogens is 2. The Morgan fingerprint density at radius 3 is 2.56 bits per heavy atom. The minimum Gasteiger partial charge on any atom is -0.326 e. The molecule has 2 atom stereocenters. The number of hydrogen-bond donors (Lipinski definition) is 2. The van der Waals surface area contributed by atoms with E-state index >= 15 is 0 Å². The van der Waals surface area contributed by atoms with Crippen molar-refractivity contribution in [3.63, 3.8) is 0 Å². The molecular formula is C20H22Cl2N2O. The highest BCUT2D eigenvalue weighted by Gasteiger charge is 2.28. The van der Waals surface area contributed by atoms with Gasteiger partial charge in [-0.3, -0.25) is 4.79 Å². The number of amides is 1. The van der Waals surface area contributed by atoms with E-state index in [1.807, 2.05) is 32.2 Å². The van der Waals surface area contributed by atoms with E-state index in [9.17, 15) is 4.79 Å². The van der Waals surface area contributed by atoms with E-state index in [1.54, 1.807) is 0 Å². The van der Waals surface area contributed by atoms with Crippen LogP contribution in [0, 0.1) is 0 Å². The lowest BCUT2D eigenvalue weighted by Crippen LogP contribution is -2.24. The van der Waals surface area contributed by atoms with Gasteiger partial charge in [0.2, 0.25) is 5.91 Å². The zero-order valence-electron chi connectivity index (χ0n) is 14.4. The average Bonchev–Trinajstić information content (AvgIpc) is 2.63. The van der Waals surface area contributed by atoms with Gasteiger partial charge in [-0.1, -0.05) is 42.3 Å². The first-order valence-corrected chi connectivity index (χ1v) is 9.35. The van der Waals surface area contributed by atoms with E-state index in [4.69, 9.17) is 23.2 Å². The molecule has 3 rings (SSSR count). The van der Waals surface area contributed by atoms with Crippen LogP contribution in [-0.2, 0) is 4.79 Å². The summed E-state index contributed by atoms with van der Waals surface area (Å²) in [5.74, 6) is 0.308. The van der Waals surface area contributed by atoms with Crippen molar-refractivity contribution in [2.45, 2.75) is 38.1 Å². The maximum atomic E-state index is 11.7. The molecule has 0 heterocycles. The van der Waals surface area contributed by atoms with Crippen LogP contribution < -0.4 is 10.6 Å². The maximum absolute atomic E-state index is 11.7. The Morgan fingerprint density at radius 2 is 1.88 bits per heavy atom. The minimum atomic E-state index is 0.0257. The van der Waals surface area contributed by atoms with Gasteiger partial charge >= 0.3 is 0 Å². The topological polar surface area (TPSA) is 41.1 Å². The summed E-state index contributed by atoms with van der Waals surface area (Å²) < 4.78 is 0. The van der Waals surface area contributed by atoms with Gasteiger partial charge < -0.3 is 10.6 Å². The first-order valence-electron chi connectivity index (χ1n) is 8.59. The molecule has 0 fully saturated rings. The number of nitrogens with one attached hydrogen (secondary N) is 2. The molecule has 0 saturated carbocycles. The molecule has 1 aliphatic carbocycles. The molecule has 0 aliphatic heterocycles. The lowest BCUT2D eigenvalue weighted by Gasteiger charge is -2.32. The molecule has 1 amide bonds. The third-order valence-corrected chi connectivity index (χ3v) is 5.62. The van der Waals surface area contributed by atoms with Crippen LogP contribution in [0.3, 0.4) is 0 Å². The van der Waals surface area contributed by atoms with Crippen molar-refractivity contribution in [2.24, 2.45) is 0 Å². The van der Waals surface area contributed by atoms with Gasteiger partial charge in [-0.2, -0.15) is 0 Å². The van der Waals surface area contributed by atoms with Crippen LogP contribution in [-0.4, -0.2) is 13.0 Å². The van der Waals surface area contributed by atoms with Gasteiger partial charge in [0.15, 0.2) is 0 Å². The van der Waals surface area contributed by atoms with Crippen LogP contribution in [0.1, 0.15) is 54.8 Å². The van der Waals surface area contributed by atoms with Gasteiger partial charge in [0.05, 0.1) is 10.0 Å². The fraction of sp³-hybridized carbons (Fsp3) is 0.350. The number of carbonyl (C=O) groups is 1. The Hall–Kier alpha value is -1.55. The fourth-order valence-electron chi connectivity index (χ4n) is 3.54. The van der Waals surface area contributed by atoms with Crippen LogP contribution >= 0.6 is 23.2 Å². The molecule has 25 heavy (non-hydrogen) atoms. The molecule has 5 heteroatoms. The van der Waals surface area contributed by atoms with E-state index in [0.717, 1.165) is 18.5 Å². The maximum Gasteiger partial charge on any atom is 0.224 e. The van der Waals surface area contributed by atoms with Gasteiger partial charge in [0.1, 0.15) is 0 Å². The minimum absolute atomic E-state index is 0.0257. The summed E-state index contributed by atoms with van der Waals surface area (Å²) in [4.78, 5) is 11.7. The SMILES string of the molecule is CCC(=O)Nc1ccc2c(c1)[C@@H](NC)CCC2c1ccc(Cl)c(Cl)c1.